The fraction of sp³-hybridized carbons (Fsp3) is 0.304. The van der Waals surface area contributed by atoms with Crippen LogP contribution in [0.5, 0.6) is 5.75 Å². The normalized spacial score (nSPS) is 16.4. The number of nitrogens with one attached hydrogen (secondary N) is 2. The molecule has 4 rings (SSSR count). The van der Waals surface area contributed by atoms with Crippen LogP contribution in [-0.2, 0) is 0 Å². The highest BCUT2D eigenvalue weighted by Crippen LogP contribution is 2.24. The maximum Gasteiger partial charge on any atom is 0.251 e. The van der Waals surface area contributed by atoms with Crippen LogP contribution in [0.25, 0.3) is 11.3 Å². The lowest BCUT2D eigenvalue weighted by molar-refractivity contribution is 0.0933. The van der Waals surface area contributed by atoms with Crippen LogP contribution in [-0.4, -0.2) is 41.8 Å². The summed E-state index contributed by atoms with van der Waals surface area (Å²) in [4.78, 5) is 14.9. The van der Waals surface area contributed by atoms with Crippen LogP contribution in [0, 0.1) is 0 Å². The molecule has 150 valence electrons. The van der Waals surface area contributed by atoms with E-state index in [0.29, 0.717) is 12.2 Å². The van der Waals surface area contributed by atoms with Gasteiger partial charge < -0.3 is 15.0 Å². The van der Waals surface area contributed by atoms with E-state index < -0.39 is 0 Å². The molecule has 3 aromatic rings. The van der Waals surface area contributed by atoms with Crippen LogP contribution in [0.1, 0.15) is 30.1 Å². The molecule has 1 atom stereocenters. The molecule has 29 heavy (non-hydrogen) atoms. The Morgan fingerprint density at radius 2 is 2.00 bits per heavy atom. The number of hydrogen-bond donors (Lipinski definition) is 2. The molecular weight excluding hydrogens is 364 g/mol. The molecule has 6 nitrogen and oxygen atoms in total. The Labute approximate surface area is 170 Å². The summed E-state index contributed by atoms with van der Waals surface area (Å²) in [5.74, 6) is 1.65. The third-order valence-corrected chi connectivity index (χ3v) is 5.16. The Balaban J connectivity index is 1.38. The largest absolute Gasteiger partial charge is 0.494 e. The number of aromatic nitrogens is 2. The molecule has 0 bridgehead atoms. The minimum absolute atomic E-state index is 0.0492. The second-order valence-corrected chi connectivity index (χ2v) is 7.22. The summed E-state index contributed by atoms with van der Waals surface area (Å²) in [5.41, 5.74) is 2.77. The van der Waals surface area contributed by atoms with Gasteiger partial charge in [0.15, 0.2) is 5.82 Å². The fourth-order valence-corrected chi connectivity index (χ4v) is 3.68. The number of piperidine rings is 1. The Morgan fingerprint density at radius 1 is 1.21 bits per heavy atom. The van der Waals surface area contributed by atoms with Gasteiger partial charge in [0.05, 0.1) is 12.3 Å². The molecule has 2 N–H and O–H groups in total. The van der Waals surface area contributed by atoms with Crippen LogP contribution in [0.4, 0.5) is 5.82 Å². The summed E-state index contributed by atoms with van der Waals surface area (Å²) in [6, 6.07) is 19.6. The molecule has 0 aliphatic carbocycles. The fourth-order valence-electron chi connectivity index (χ4n) is 3.68. The standard InChI is InChI=1S/C23H26N4O2/c1-2-29-20-12-10-18(11-13-20)23(28)24-19-9-6-14-27(16-19)22-15-21(25-26-22)17-7-4-3-5-8-17/h3-5,7-8,10-13,15,19H,2,6,9,14,16H2,1H3,(H,24,28)(H,25,26)/t19-/m1/s1. The Bertz CT molecular complexity index is 937. The second kappa shape index (κ2) is 8.82. The predicted molar refractivity (Wildman–Crippen MR) is 114 cm³/mol. The van der Waals surface area contributed by atoms with Gasteiger partial charge in [0.25, 0.3) is 5.91 Å². The number of hydrogen-bond acceptors (Lipinski definition) is 4. The number of anilines is 1. The van der Waals surface area contributed by atoms with Crippen molar-refractivity contribution in [3.63, 3.8) is 0 Å². The first-order valence-electron chi connectivity index (χ1n) is 10.1. The molecule has 0 unspecified atom stereocenters. The molecule has 0 saturated carbocycles. The lowest BCUT2D eigenvalue weighted by atomic mass is 10.0. The smallest absolute Gasteiger partial charge is 0.251 e. The van der Waals surface area contributed by atoms with Crippen molar-refractivity contribution in [2.45, 2.75) is 25.8 Å². The van der Waals surface area contributed by atoms with Gasteiger partial charge in [-0.1, -0.05) is 30.3 Å². The highest BCUT2D eigenvalue weighted by Gasteiger charge is 2.23. The molecule has 1 saturated heterocycles. The number of benzene rings is 2. The van der Waals surface area contributed by atoms with Crippen molar-refractivity contribution in [1.29, 1.82) is 0 Å². The molecule has 6 heteroatoms. The predicted octanol–water partition coefficient (Wildman–Crippen LogP) is 3.87. The van der Waals surface area contributed by atoms with Gasteiger partial charge in [-0.15, -0.1) is 0 Å². The number of ether oxygens (including phenoxy) is 1. The Kier molecular flexibility index (Phi) is 5.79. The molecule has 2 heterocycles. The average molecular weight is 390 g/mol. The highest BCUT2D eigenvalue weighted by atomic mass is 16.5. The summed E-state index contributed by atoms with van der Waals surface area (Å²) >= 11 is 0. The number of amides is 1. The van der Waals surface area contributed by atoms with Crippen LogP contribution >= 0.6 is 0 Å². The highest BCUT2D eigenvalue weighted by molar-refractivity contribution is 5.94. The van der Waals surface area contributed by atoms with E-state index in [1.54, 1.807) is 12.1 Å². The first-order chi connectivity index (χ1) is 14.2. The maximum absolute atomic E-state index is 12.6. The van der Waals surface area contributed by atoms with Gasteiger partial charge in [0.2, 0.25) is 0 Å². The number of nitrogens with zero attached hydrogens (tertiary/aromatic N) is 2. The van der Waals surface area contributed by atoms with Crippen molar-refractivity contribution in [3.05, 3.63) is 66.2 Å². The number of carbonyl (C=O) groups is 1. The van der Waals surface area contributed by atoms with E-state index in [1.165, 1.54) is 0 Å². The lowest BCUT2D eigenvalue weighted by Crippen LogP contribution is -2.48. The summed E-state index contributed by atoms with van der Waals surface area (Å²) in [7, 11) is 0. The van der Waals surface area contributed by atoms with Gasteiger partial charge >= 0.3 is 0 Å². The number of carbonyl (C=O) groups excluding carboxylic acids is 1. The molecule has 1 fully saturated rings. The number of rotatable bonds is 6. The van der Waals surface area contributed by atoms with Crippen LogP contribution in [0.2, 0.25) is 0 Å². The zero-order chi connectivity index (χ0) is 20.1. The zero-order valence-corrected chi connectivity index (χ0v) is 16.6. The number of H-pyrrole nitrogens is 1. The quantitative estimate of drug-likeness (QED) is 0.670. The minimum atomic E-state index is -0.0492. The molecule has 2 aromatic carbocycles. The van der Waals surface area contributed by atoms with E-state index in [4.69, 9.17) is 4.74 Å². The van der Waals surface area contributed by atoms with Gasteiger partial charge in [-0.05, 0) is 49.6 Å². The van der Waals surface area contributed by atoms with E-state index in [0.717, 1.165) is 48.8 Å². The number of aromatic amines is 1. The summed E-state index contributed by atoms with van der Waals surface area (Å²) in [5, 5.41) is 10.8. The van der Waals surface area contributed by atoms with Crippen LogP contribution in [0.15, 0.2) is 60.7 Å². The Hall–Kier alpha value is -3.28. The first-order valence-corrected chi connectivity index (χ1v) is 10.1. The monoisotopic (exact) mass is 390 g/mol. The first kappa shape index (κ1) is 19.1. The average Bonchev–Trinajstić information content (AvgIpc) is 3.26. The molecular formula is C23H26N4O2. The third-order valence-electron chi connectivity index (χ3n) is 5.16. The van der Waals surface area contributed by atoms with Gasteiger partial charge in [-0.3, -0.25) is 9.89 Å². The van der Waals surface area contributed by atoms with Gasteiger partial charge in [-0.2, -0.15) is 5.10 Å². The van der Waals surface area contributed by atoms with Crippen LogP contribution in [0.3, 0.4) is 0 Å². The van der Waals surface area contributed by atoms with E-state index >= 15 is 0 Å². The maximum atomic E-state index is 12.6. The van der Waals surface area contributed by atoms with Crippen molar-refractivity contribution in [2.24, 2.45) is 0 Å². The van der Waals surface area contributed by atoms with Crippen LogP contribution < -0.4 is 15.0 Å². The molecule has 1 aliphatic rings. The van der Waals surface area contributed by atoms with E-state index in [-0.39, 0.29) is 11.9 Å². The summed E-state index contributed by atoms with van der Waals surface area (Å²) in [6.07, 6.45) is 1.98. The molecule has 1 aromatic heterocycles. The van der Waals surface area contributed by atoms with E-state index in [1.807, 2.05) is 37.3 Å². The topological polar surface area (TPSA) is 70.2 Å². The lowest BCUT2D eigenvalue weighted by Gasteiger charge is -2.33. The SMILES string of the molecule is CCOc1ccc(C(=O)N[C@@H]2CCCN(c3cc(-c4ccccc4)[nH]n3)C2)cc1. The minimum Gasteiger partial charge on any atom is -0.494 e. The molecule has 0 radical (unpaired) electrons. The summed E-state index contributed by atoms with van der Waals surface area (Å²) in [6.45, 7) is 4.25. The van der Waals surface area contributed by atoms with Crippen molar-refractivity contribution in [3.8, 4) is 17.0 Å². The van der Waals surface area contributed by atoms with Crippen molar-refractivity contribution in [2.75, 3.05) is 24.6 Å². The van der Waals surface area contributed by atoms with Gasteiger partial charge in [0.1, 0.15) is 5.75 Å². The van der Waals surface area contributed by atoms with Crippen molar-refractivity contribution < 1.29 is 9.53 Å². The van der Waals surface area contributed by atoms with Gasteiger partial charge in [0, 0.05) is 30.8 Å². The summed E-state index contributed by atoms with van der Waals surface area (Å²) < 4.78 is 5.44. The van der Waals surface area contributed by atoms with Crippen molar-refractivity contribution >= 4 is 11.7 Å². The zero-order valence-electron chi connectivity index (χ0n) is 16.6. The van der Waals surface area contributed by atoms with E-state index in [2.05, 4.69) is 38.6 Å². The second-order valence-electron chi connectivity index (χ2n) is 7.22. The molecule has 1 amide bonds. The molecule has 1 aliphatic heterocycles. The Morgan fingerprint density at radius 3 is 2.76 bits per heavy atom. The third kappa shape index (κ3) is 4.59. The molecule has 0 spiro atoms. The van der Waals surface area contributed by atoms with Gasteiger partial charge in [-0.25, -0.2) is 0 Å². The van der Waals surface area contributed by atoms with E-state index in [9.17, 15) is 4.79 Å². The van der Waals surface area contributed by atoms with Crippen molar-refractivity contribution in [1.82, 2.24) is 15.5 Å².